The lowest BCUT2D eigenvalue weighted by Gasteiger charge is -2.40. The predicted molar refractivity (Wildman–Crippen MR) is 184 cm³/mol. The molecule has 1 unspecified atom stereocenters. The Hall–Kier alpha value is -3.94. The second-order valence-corrected chi connectivity index (χ2v) is 14.9. The molecule has 47 heavy (non-hydrogen) atoms. The van der Waals surface area contributed by atoms with Crippen molar-refractivity contribution in [3.8, 4) is 11.5 Å². The van der Waals surface area contributed by atoms with E-state index in [4.69, 9.17) is 20.5 Å². The summed E-state index contributed by atoms with van der Waals surface area (Å²) >= 11 is 4.82. The van der Waals surface area contributed by atoms with E-state index in [1.165, 1.54) is 0 Å². The van der Waals surface area contributed by atoms with Gasteiger partial charge in [-0.3, -0.25) is 14.7 Å². The van der Waals surface area contributed by atoms with Gasteiger partial charge in [0.15, 0.2) is 18.1 Å². The lowest BCUT2D eigenvalue weighted by atomic mass is 9.73. The lowest BCUT2D eigenvalue weighted by Crippen LogP contribution is -2.57. The molecule has 0 aliphatic carbocycles. The van der Waals surface area contributed by atoms with E-state index in [0.717, 1.165) is 16.8 Å². The minimum atomic E-state index is -1.81. The molecule has 0 saturated heterocycles. The highest BCUT2D eigenvalue weighted by Gasteiger charge is 2.44. The number of aryl methyl sites for hydroxylation is 2. The molecule has 4 aromatic rings. The highest BCUT2D eigenvalue weighted by Crippen LogP contribution is 2.37. The van der Waals surface area contributed by atoms with Crippen molar-refractivity contribution in [3.05, 3.63) is 70.1 Å². The third-order valence-electron chi connectivity index (χ3n) is 8.37. The second kappa shape index (κ2) is 14.0. The third kappa shape index (κ3) is 8.32. The fourth-order valence-corrected chi connectivity index (χ4v) is 5.76. The number of anilines is 1. The van der Waals surface area contributed by atoms with Crippen LogP contribution < -0.4 is 24.3 Å². The molecule has 0 bridgehead atoms. The van der Waals surface area contributed by atoms with Crippen LogP contribution in [0.1, 0.15) is 77.5 Å². The highest BCUT2D eigenvalue weighted by atomic mass is 35.5. The fraction of sp³-hybridized carbons (Fsp3) is 0.455. The molecule has 254 valence electrons. The number of ether oxygens (including phenoxy) is 1. The molecule has 0 aliphatic rings. The lowest BCUT2D eigenvalue weighted by molar-refractivity contribution is -0.125. The molecule has 1 atom stereocenters. The highest BCUT2D eigenvalue weighted by molar-refractivity contribution is 7.78. The van der Waals surface area contributed by atoms with Crippen LogP contribution in [-0.2, 0) is 31.7 Å². The van der Waals surface area contributed by atoms with E-state index in [2.05, 4.69) is 51.4 Å². The van der Waals surface area contributed by atoms with Gasteiger partial charge in [0.1, 0.15) is 16.5 Å². The number of aromatic nitrogens is 4. The van der Waals surface area contributed by atoms with Crippen molar-refractivity contribution in [2.45, 2.75) is 85.1 Å². The largest absolute Gasteiger partial charge is 0.482 e. The first-order valence-corrected chi connectivity index (χ1v) is 16.7. The molecule has 2 heterocycles. The van der Waals surface area contributed by atoms with Gasteiger partial charge in [-0.15, -0.1) is 10.2 Å². The Morgan fingerprint density at radius 3 is 2.36 bits per heavy atom. The Labute approximate surface area is 283 Å². The van der Waals surface area contributed by atoms with E-state index in [0.29, 0.717) is 33.7 Å². The van der Waals surface area contributed by atoms with E-state index in [1.54, 1.807) is 40.9 Å². The van der Waals surface area contributed by atoms with Crippen molar-refractivity contribution >= 4 is 46.0 Å². The molecule has 2 aromatic carbocycles. The first kappa shape index (κ1) is 35.9. The van der Waals surface area contributed by atoms with Gasteiger partial charge in [-0.2, -0.15) is 4.21 Å². The molecule has 2 aromatic heterocycles. The summed E-state index contributed by atoms with van der Waals surface area (Å²) in [5, 5.41) is 18.5. The maximum atomic E-state index is 13.2. The van der Waals surface area contributed by atoms with Crippen molar-refractivity contribution in [2.24, 2.45) is 0 Å². The number of aromatic amines is 1. The Bertz CT molecular complexity index is 1790. The number of amides is 2. The average molecular weight is 686 g/mol. The minimum absolute atomic E-state index is 0.0271. The molecule has 14 heteroatoms. The number of rotatable bonds is 13. The molecule has 2 amide bonds. The molecule has 0 saturated carbocycles. The van der Waals surface area contributed by atoms with Gasteiger partial charge in [0.25, 0.3) is 17.2 Å². The SMILES string of the molecule is Cc1ccc(OS(=O)NCCC(=O)Nc2ccccc2OCC(=O)NC(C)(C)C(C)(C)c2nnc3c(Cl)c(C(C)(C)C)[nH]n23)cc1C. The number of H-pyrrole nitrogens is 1. The predicted octanol–water partition coefficient (Wildman–Crippen LogP) is 5.45. The van der Waals surface area contributed by atoms with Crippen LogP contribution in [0.3, 0.4) is 0 Å². The molecule has 0 spiro atoms. The number of hydrogen-bond acceptors (Lipinski definition) is 7. The zero-order chi connectivity index (χ0) is 34.7. The van der Waals surface area contributed by atoms with Crippen LogP contribution in [-0.4, -0.2) is 54.5 Å². The second-order valence-electron chi connectivity index (χ2n) is 13.6. The Morgan fingerprint density at radius 2 is 1.68 bits per heavy atom. The van der Waals surface area contributed by atoms with Gasteiger partial charge in [0.2, 0.25) is 5.91 Å². The van der Waals surface area contributed by atoms with Crippen molar-refractivity contribution in [3.63, 3.8) is 0 Å². The number of benzene rings is 2. The van der Waals surface area contributed by atoms with E-state index >= 15 is 0 Å². The van der Waals surface area contributed by atoms with Gasteiger partial charge >= 0.3 is 0 Å². The maximum Gasteiger partial charge on any atom is 0.288 e. The van der Waals surface area contributed by atoms with Crippen molar-refractivity contribution in [1.29, 1.82) is 0 Å². The van der Waals surface area contributed by atoms with E-state index in [9.17, 15) is 13.8 Å². The van der Waals surface area contributed by atoms with Crippen LogP contribution in [0, 0.1) is 13.8 Å². The van der Waals surface area contributed by atoms with Crippen molar-refractivity contribution < 1.29 is 22.7 Å². The van der Waals surface area contributed by atoms with Gasteiger partial charge in [0.05, 0.1) is 11.4 Å². The van der Waals surface area contributed by atoms with E-state index in [1.807, 2.05) is 47.6 Å². The number of para-hydroxylation sites is 2. The van der Waals surface area contributed by atoms with Crippen LogP contribution >= 0.6 is 11.6 Å². The van der Waals surface area contributed by atoms with Gasteiger partial charge in [0, 0.05) is 29.3 Å². The third-order valence-corrected chi connectivity index (χ3v) is 9.51. The van der Waals surface area contributed by atoms with Crippen LogP contribution in [0.2, 0.25) is 5.02 Å². The van der Waals surface area contributed by atoms with E-state index < -0.39 is 22.2 Å². The first-order valence-electron chi connectivity index (χ1n) is 15.3. The summed E-state index contributed by atoms with van der Waals surface area (Å²) in [6, 6.07) is 12.3. The molecule has 12 nitrogen and oxygen atoms in total. The number of fused-ring (bicyclic) bond motifs is 1. The average Bonchev–Trinajstić information content (AvgIpc) is 3.54. The monoisotopic (exact) mass is 685 g/mol. The molecule has 0 fully saturated rings. The molecule has 4 rings (SSSR count). The van der Waals surface area contributed by atoms with Gasteiger partial charge < -0.3 is 19.6 Å². The van der Waals surface area contributed by atoms with Crippen LogP contribution in [0.4, 0.5) is 5.69 Å². The number of carbonyl (C=O) groups is 2. The summed E-state index contributed by atoms with van der Waals surface area (Å²) in [5.41, 5.74) is 2.18. The summed E-state index contributed by atoms with van der Waals surface area (Å²) in [6.45, 7) is 17.7. The summed E-state index contributed by atoms with van der Waals surface area (Å²) in [5.74, 6) is 0.723. The maximum absolute atomic E-state index is 13.2. The first-order chi connectivity index (χ1) is 21.9. The summed E-state index contributed by atoms with van der Waals surface area (Å²) < 4.78 is 28.0. The summed E-state index contributed by atoms with van der Waals surface area (Å²) in [6.07, 6.45) is 0.0271. The normalized spacial score (nSPS) is 13.0. The van der Waals surface area contributed by atoms with Crippen LogP contribution in [0.15, 0.2) is 42.5 Å². The number of nitrogens with one attached hydrogen (secondary N) is 4. The Balaban J connectivity index is 1.32. The number of nitrogens with zero attached hydrogens (tertiary/aromatic N) is 3. The molecular formula is C33H44ClN7O5S. The number of carbonyl (C=O) groups excluding carboxylic acids is 2. The smallest absolute Gasteiger partial charge is 0.288 e. The molecule has 0 radical (unpaired) electrons. The van der Waals surface area contributed by atoms with Gasteiger partial charge in [-0.25, -0.2) is 9.24 Å². The van der Waals surface area contributed by atoms with Crippen LogP contribution in [0.25, 0.3) is 5.65 Å². The Kier molecular flexibility index (Phi) is 10.7. The summed E-state index contributed by atoms with van der Waals surface area (Å²) in [4.78, 5) is 25.8. The zero-order valence-electron chi connectivity index (χ0n) is 28.3. The standard InChI is InChI=1S/C33H44ClN7O5S/c1-20-14-15-22(18-21(20)2)46-47(44)35-17-16-25(42)36-23-12-10-11-13-24(23)45-19-26(43)37-33(8,9)32(6,7)30-39-38-29-27(34)28(31(3,4)5)40-41(29)30/h10-15,18,35,40H,16-17,19H2,1-9H3,(H,36,42)(H,37,43). The van der Waals surface area contributed by atoms with Crippen molar-refractivity contribution in [1.82, 2.24) is 29.9 Å². The molecular weight excluding hydrogens is 642 g/mol. The van der Waals surface area contributed by atoms with Crippen LogP contribution in [0.5, 0.6) is 11.5 Å². The Morgan fingerprint density at radius 1 is 0.979 bits per heavy atom. The number of halogens is 1. The topological polar surface area (TPSA) is 152 Å². The number of hydrogen-bond donors (Lipinski definition) is 4. The fourth-order valence-electron chi connectivity index (χ4n) is 4.71. The quantitative estimate of drug-likeness (QED) is 0.146. The molecule has 0 aliphatic heterocycles. The van der Waals surface area contributed by atoms with Gasteiger partial charge in [-0.05, 0) is 63.1 Å². The van der Waals surface area contributed by atoms with Crippen molar-refractivity contribution in [2.75, 3.05) is 18.5 Å². The van der Waals surface area contributed by atoms with Gasteiger partial charge in [-0.1, -0.05) is 64.4 Å². The molecule has 4 N–H and O–H groups in total. The summed E-state index contributed by atoms with van der Waals surface area (Å²) in [7, 11) is 0. The zero-order valence-corrected chi connectivity index (χ0v) is 29.9. The minimum Gasteiger partial charge on any atom is -0.482 e. The van der Waals surface area contributed by atoms with E-state index in [-0.39, 0.29) is 36.8 Å².